The molecule has 98 valence electrons. The first kappa shape index (κ1) is 14.2. The summed E-state index contributed by atoms with van der Waals surface area (Å²) in [5.74, 6) is -0.864. The average Bonchev–Trinajstić information content (AvgIpc) is 2.38. The molecule has 0 aliphatic carbocycles. The number of carbonyl (C=O) groups excluding carboxylic acids is 2. The zero-order valence-corrected chi connectivity index (χ0v) is 11.1. The van der Waals surface area contributed by atoms with Crippen LogP contribution >= 0.6 is 0 Å². The summed E-state index contributed by atoms with van der Waals surface area (Å²) in [7, 11) is 1.27. The lowest BCUT2D eigenvalue weighted by molar-refractivity contribution is -0.142. The highest BCUT2D eigenvalue weighted by Gasteiger charge is 2.13. The molecule has 0 aliphatic heterocycles. The van der Waals surface area contributed by atoms with Crippen molar-refractivity contribution >= 4 is 17.6 Å². The van der Waals surface area contributed by atoms with Crippen molar-refractivity contribution in [3.8, 4) is 0 Å². The van der Waals surface area contributed by atoms with Gasteiger partial charge in [0.05, 0.1) is 7.11 Å². The van der Waals surface area contributed by atoms with Crippen molar-refractivity contribution in [2.24, 2.45) is 0 Å². The van der Waals surface area contributed by atoms with Crippen LogP contribution in [0, 0.1) is 0 Å². The van der Waals surface area contributed by atoms with E-state index in [4.69, 9.17) is 0 Å². The van der Waals surface area contributed by atoms with Gasteiger partial charge in [0.1, 0.15) is 6.42 Å². The minimum absolute atomic E-state index is 0.252. The van der Waals surface area contributed by atoms with Crippen molar-refractivity contribution in [3.05, 3.63) is 29.3 Å². The predicted octanol–water partition coefficient (Wildman–Crippen LogP) is 2.31. The zero-order valence-electron chi connectivity index (χ0n) is 11.1. The van der Waals surface area contributed by atoms with Crippen LogP contribution in [-0.4, -0.2) is 19.0 Å². The molecule has 1 N–H and O–H groups in total. The molecule has 1 amide bonds. The number of carbonyl (C=O) groups is 2. The smallest absolute Gasteiger partial charge is 0.315 e. The first-order chi connectivity index (χ1) is 8.62. The molecule has 18 heavy (non-hydrogen) atoms. The summed E-state index contributed by atoms with van der Waals surface area (Å²) in [6.45, 7) is 4.06. The first-order valence-corrected chi connectivity index (χ1v) is 6.09. The van der Waals surface area contributed by atoms with E-state index in [1.165, 1.54) is 7.11 Å². The van der Waals surface area contributed by atoms with E-state index in [2.05, 4.69) is 10.1 Å². The van der Waals surface area contributed by atoms with E-state index in [9.17, 15) is 9.59 Å². The van der Waals surface area contributed by atoms with Crippen LogP contribution in [0.5, 0.6) is 0 Å². The maximum absolute atomic E-state index is 11.7. The van der Waals surface area contributed by atoms with E-state index >= 15 is 0 Å². The Kier molecular flexibility index (Phi) is 5.36. The van der Waals surface area contributed by atoms with Crippen LogP contribution in [0.4, 0.5) is 5.69 Å². The second-order valence-corrected chi connectivity index (χ2v) is 3.96. The first-order valence-electron chi connectivity index (χ1n) is 6.09. The summed E-state index contributed by atoms with van der Waals surface area (Å²) in [6.07, 6.45) is 1.42. The van der Waals surface area contributed by atoms with Gasteiger partial charge in [-0.1, -0.05) is 32.0 Å². The summed E-state index contributed by atoms with van der Waals surface area (Å²) < 4.78 is 4.47. The molecule has 1 rings (SSSR count). The molecule has 0 saturated carbocycles. The lowest BCUT2D eigenvalue weighted by Gasteiger charge is -2.13. The van der Waals surface area contributed by atoms with Crippen LogP contribution in [0.3, 0.4) is 0 Å². The van der Waals surface area contributed by atoms with E-state index in [1.54, 1.807) is 0 Å². The molecule has 0 spiro atoms. The maximum Gasteiger partial charge on any atom is 0.315 e. The molecule has 0 atom stereocenters. The van der Waals surface area contributed by atoms with Crippen LogP contribution in [0.25, 0.3) is 0 Å². The molecule has 4 heteroatoms. The number of rotatable bonds is 5. The second kappa shape index (κ2) is 6.79. The molecule has 1 aromatic rings. The molecular weight excluding hydrogens is 230 g/mol. The molecule has 1 aromatic carbocycles. The Morgan fingerprint density at radius 2 is 1.72 bits per heavy atom. The van der Waals surface area contributed by atoms with Crippen molar-refractivity contribution in [1.29, 1.82) is 0 Å². The minimum atomic E-state index is -0.528. The Morgan fingerprint density at radius 3 is 2.17 bits per heavy atom. The normalized spacial score (nSPS) is 9.94. The van der Waals surface area contributed by atoms with Gasteiger partial charge in [-0.25, -0.2) is 0 Å². The van der Waals surface area contributed by atoms with Gasteiger partial charge < -0.3 is 10.1 Å². The van der Waals surface area contributed by atoms with E-state index in [-0.39, 0.29) is 12.3 Å². The summed E-state index contributed by atoms with van der Waals surface area (Å²) in [5.41, 5.74) is 2.98. The Morgan fingerprint density at radius 1 is 1.17 bits per heavy atom. The molecule has 0 radical (unpaired) electrons. The van der Waals surface area contributed by atoms with Crippen molar-refractivity contribution in [2.45, 2.75) is 33.1 Å². The van der Waals surface area contributed by atoms with Crippen LogP contribution in [-0.2, 0) is 27.2 Å². The van der Waals surface area contributed by atoms with Gasteiger partial charge in [0.15, 0.2) is 0 Å². The molecule has 4 nitrogen and oxygen atoms in total. The van der Waals surface area contributed by atoms with Crippen molar-refractivity contribution in [2.75, 3.05) is 12.4 Å². The lowest BCUT2D eigenvalue weighted by Crippen LogP contribution is -2.19. The number of para-hydroxylation sites is 1. The topological polar surface area (TPSA) is 55.4 Å². The maximum atomic E-state index is 11.7. The van der Waals surface area contributed by atoms with E-state index in [0.717, 1.165) is 29.7 Å². The number of nitrogens with one attached hydrogen (secondary N) is 1. The van der Waals surface area contributed by atoms with Crippen LogP contribution < -0.4 is 5.32 Å². The minimum Gasteiger partial charge on any atom is -0.469 e. The number of aryl methyl sites for hydroxylation is 2. The van der Waals surface area contributed by atoms with E-state index < -0.39 is 5.97 Å². The third kappa shape index (κ3) is 3.58. The monoisotopic (exact) mass is 249 g/mol. The average molecular weight is 249 g/mol. The number of methoxy groups -OCH3 is 1. The Balaban J connectivity index is 2.88. The van der Waals surface area contributed by atoms with Gasteiger partial charge in [-0.15, -0.1) is 0 Å². The Hall–Kier alpha value is -1.84. The van der Waals surface area contributed by atoms with Crippen LogP contribution in [0.2, 0.25) is 0 Å². The molecule has 0 unspecified atom stereocenters. The summed E-state index contributed by atoms with van der Waals surface area (Å²) >= 11 is 0. The molecule has 0 heterocycles. The van der Waals surface area contributed by atoms with Crippen LogP contribution in [0.15, 0.2) is 18.2 Å². The van der Waals surface area contributed by atoms with E-state index in [1.807, 2.05) is 32.0 Å². The highest BCUT2D eigenvalue weighted by molar-refractivity contribution is 6.02. The molecule has 0 fully saturated rings. The molecule has 0 aromatic heterocycles. The van der Waals surface area contributed by atoms with Gasteiger partial charge in [-0.2, -0.15) is 0 Å². The van der Waals surface area contributed by atoms with Gasteiger partial charge in [0.2, 0.25) is 5.91 Å². The fourth-order valence-corrected chi connectivity index (χ4v) is 1.79. The summed E-state index contributed by atoms with van der Waals surface area (Å²) in [4.78, 5) is 22.7. The number of esters is 1. The van der Waals surface area contributed by atoms with E-state index in [0.29, 0.717) is 0 Å². The quantitative estimate of drug-likeness (QED) is 0.643. The number of hydrogen-bond acceptors (Lipinski definition) is 3. The van der Waals surface area contributed by atoms with Crippen LogP contribution in [0.1, 0.15) is 31.4 Å². The largest absolute Gasteiger partial charge is 0.469 e. The zero-order chi connectivity index (χ0) is 13.5. The van der Waals surface area contributed by atoms with Gasteiger partial charge >= 0.3 is 5.97 Å². The standard InChI is InChI=1S/C14H19NO3/c1-4-10-7-6-8-11(5-2)14(10)15-12(16)9-13(17)18-3/h6-8H,4-5,9H2,1-3H3,(H,15,16). The third-order valence-corrected chi connectivity index (χ3v) is 2.80. The third-order valence-electron chi connectivity index (χ3n) is 2.80. The van der Waals surface area contributed by atoms with Gasteiger partial charge in [0, 0.05) is 5.69 Å². The number of amides is 1. The summed E-state index contributed by atoms with van der Waals surface area (Å²) in [6, 6.07) is 5.94. The molecule has 0 bridgehead atoms. The molecule has 0 aliphatic rings. The van der Waals surface area contributed by atoms with Crippen molar-refractivity contribution < 1.29 is 14.3 Å². The lowest BCUT2D eigenvalue weighted by atomic mass is 10.0. The molecular formula is C14H19NO3. The fraction of sp³-hybridized carbons (Fsp3) is 0.429. The Bertz CT molecular complexity index is 418. The number of anilines is 1. The SMILES string of the molecule is CCc1cccc(CC)c1NC(=O)CC(=O)OC. The predicted molar refractivity (Wildman–Crippen MR) is 70.5 cm³/mol. The summed E-state index contributed by atoms with van der Waals surface area (Å²) in [5, 5.41) is 2.81. The number of benzene rings is 1. The Labute approximate surface area is 107 Å². The number of ether oxygens (including phenoxy) is 1. The second-order valence-electron chi connectivity index (χ2n) is 3.96. The highest BCUT2D eigenvalue weighted by Crippen LogP contribution is 2.22. The highest BCUT2D eigenvalue weighted by atomic mass is 16.5. The fourth-order valence-electron chi connectivity index (χ4n) is 1.79. The van der Waals surface area contributed by atoms with Crippen molar-refractivity contribution in [3.63, 3.8) is 0 Å². The van der Waals surface area contributed by atoms with Crippen molar-refractivity contribution in [1.82, 2.24) is 0 Å². The van der Waals surface area contributed by atoms with Gasteiger partial charge in [0.25, 0.3) is 0 Å². The number of hydrogen-bond donors (Lipinski definition) is 1. The van der Waals surface area contributed by atoms with Gasteiger partial charge in [-0.3, -0.25) is 9.59 Å². The van der Waals surface area contributed by atoms with Gasteiger partial charge in [-0.05, 0) is 24.0 Å². The molecule has 0 saturated heterocycles.